The quantitative estimate of drug-likeness (QED) is 0.754. The Bertz CT molecular complexity index is 862. The fourth-order valence-corrected chi connectivity index (χ4v) is 2.89. The van der Waals surface area contributed by atoms with Gasteiger partial charge in [-0.1, -0.05) is 18.2 Å². The van der Waals surface area contributed by atoms with Crippen molar-refractivity contribution >= 4 is 17.7 Å². The van der Waals surface area contributed by atoms with Crippen molar-refractivity contribution in [2.75, 3.05) is 11.9 Å². The first-order valence-electron chi connectivity index (χ1n) is 9.70. The maximum atomic E-state index is 12.2. The third kappa shape index (κ3) is 5.59. The van der Waals surface area contributed by atoms with Crippen LogP contribution in [0.25, 0.3) is 11.1 Å². The minimum atomic E-state index is -0.548. The molecule has 2 aromatic carbocycles. The molecule has 2 N–H and O–H groups in total. The summed E-state index contributed by atoms with van der Waals surface area (Å²) >= 11 is 0. The molecule has 5 heteroatoms. The molecule has 0 spiro atoms. The molecule has 0 heterocycles. The number of carbonyl (C=O) groups excluding carboxylic acids is 2. The minimum absolute atomic E-state index is 0.0319. The molecule has 1 aliphatic rings. The second-order valence-corrected chi connectivity index (χ2v) is 8.39. The molecule has 0 unspecified atom stereocenters. The zero-order chi connectivity index (χ0) is 20.3. The minimum Gasteiger partial charge on any atom is -0.444 e. The van der Waals surface area contributed by atoms with E-state index in [0.717, 1.165) is 23.2 Å². The molecule has 0 aliphatic heterocycles. The van der Waals surface area contributed by atoms with Gasteiger partial charge in [-0.05, 0) is 87.4 Å². The third-order valence-corrected chi connectivity index (χ3v) is 4.59. The molecule has 0 atom stereocenters. The summed E-state index contributed by atoms with van der Waals surface area (Å²) in [6, 6.07) is 13.3. The first-order valence-corrected chi connectivity index (χ1v) is 9.70. The van der Waals surface area contributed by atoms with E-state index in [1.807, 2.05) is 70.2 Å². The highest BCUT2D eigenvalue weighted by Crippen LogP contribution is 2.28. The zero-order valence-electron chi connectivity index (χ0n) is 17.0. The molecule has 5 nitrogen and oxygen atoms in total. The Morgan fingerprint density at radius 3 is 2.36 bits per heavy atom. The van der Waals surface area contributed by atoms with E-state index in [1.165, 1.54) is 12.8 Å². The van der Waals surface area contributed by atoms with Crippen LogP contribution in [0.3, 0.4) is 0 Å². The van der Waals surface area contributed by atoms with E-state index in [9.17, 15) is 9.59 Å². The second-order valence-electron chi connectivity index (χ2n) is 8.39. The van der Waals surface area contributed by atoms with Gasteiger partial charge in [0.1, 0.15) is 5.60 Å². The van der Waals surface area contributed by atoms with E-state index in [0.29, 0.717) is 17.2 Å². The van der Waals surface area contributed by atoms with Crippen LogP contribution in [0.4, 0.5) is 10.5 Å². The van der Waals surface area contributed by atoms with Gasteiger partial charge in [-0.15, -0.1) is 0 Å². The number of hydrogen-bond acceptors (Lipinski definition) is 3. The molecule has 1 aliphatic carbocycles. The largest absolute Gasteiger partial charge is 0.444 e. The van der Waals surface area contributed by atoms with Crippen molar-refractivity contribution in [2.24, 2.45) is 5.92 Å². The number of nitrogens with one attached hydrogen (secondary N) is 2. The number of carbonyl (C=O) groups is 2. The molecule has 0 bridgehead atoms. The van der Waals surface area contributed by atoms with Gasteiger partial charge in [0.25, 0.3) is 5.91 Å². The summed E-state index contributed by atoms with van der Waals surface area (Å²) < 4.78 is 5.31. The highest BCUT2D eigenvalue weighted by atomic mass is 16.6. The van der Waals surface area contributed by atoms with Gasteiger partial charge in [0.05, 0.1) is 0 Å². The summed E-state index contributed by atoms with van der Waals surface area (Å²) in [7, 11) is 0. The number of anilines is 1. The lowest BCUT2D eigenvalue weighted by atomic mass is 9.98. The van der Waals surface area contributed by atoms with Crippen LogP contribution in [0.15, 0.2) is 42.5 Å². The molecule has 2 amide bonds. The zero-order valence-corrected chi connectivity index (χ0v) is 17.0. The van der Waals surface area contributed by atoms with Crippen molar-refractivity contribution in [3.63, 3.8) is 0 Å². The number of hydrogen-bond donors (Lipinski definition) is 2. The fourth-order valence-electron chi connectivity index (χ4n) is 2.89. The van der Waals surface area contributed by atoms with Gasteiger partial charge in [0, 0.05) is 17.8 Å². The van der Waals surface area contributed by atoms with Crippen molar-refractivity contribution in [1.29, 1.82) is 0 Å². The molecule has 2 aromatic rings. The number of ether oxygens (including phenoxy) is 1. The number of amides is 2. The number of benzene rings is 2. The predicted molar refractivity (Wildman–Crippen MR) is 112 cm³/mol. The fraction of sp³-hybridized carbons (Fsp3) is 0.391. The molecule has 0 radical (unpaired) electrons. The average Bonchev–Trinajstić information content (AvgIpc) is 3.44. The Morgan fingerprint density at radius 2 is 1.75 bits per heavy atom. The van der Waals surface area contributed by atoms with E-state index in [4.69, 9.17) is 4.74 Å². The predicted octanol–water partition coefficient (Wildman–Crippen LogP) is 5.15. The van der Waals surface area contributed by atoms with Crippen LogP contribution in [-0.2, 0) is 4.74 Å². The Hall–Kier alpha value is -2.82. The summed E-state index contributed by atoms with van der Waals surface area (Å²) in [6.45, 7) is 8.27. The van der Waals surface area contributed by atoms with E-state index < -0.39 is 11.7 Å². The molecule has 1 fully saturated rings. The lowest BCUT2D eigenvalue weighted by molar-refractivity contribution is 0.0635. The Kier molecular flexibility index (Phi) is 5.73. The summed E-state index contributed by atoms with van der Waals surface area (Å²) in [5.41, 5.74) is 3.85. The van der Waals surface area contributed by atoms with Crippen LogP contribution < -0.4 is 10.6 Å². The van der Waals surface area contributed by atoms with Crippen molar-refractivity contribution in [2.45, 2.75) is 46.1 Å². The SMILES string of the molecule is Cc1ccc(NC(=O)OC(C)(C)C)cc1-c1ccc(C(=O)NCC2CC2)cc1. The average molecular weight is 380 g/mol. The van der Waals surface area contributed by atoms with Crippen LogP contribution in [0, 0.1) is 12.8 Å². The lowest BCUT2D eigenvalue weighted by Gasteiger charge is -2.20. The Labute approximate surface area is 166 Å². The first-order chi connectivity index (χ1) is 13.2. The summed E-state index contributed by atoms with van der Waals surface area (Å²) in [4.78, 5) is 24.2. The van der Waals surface area contributed by atoms with Gasteiger partial charge in [0.15, 0.2) is 0 Å². The Morgan fingerprint density at radius 1 is 1.07 bits per heavy atom. The van der Waals surface area contributed by atoms with Crippen molar-refractivity contribution in [3.8, 4) is 11.1 Å². The van der Waals surface area contributed by atoms with Crippen LogP contribution in [-0.4, -0.2) is 24.1 Å². The van der Waals surface area contributed by atoms with Crippen molar-refractivity contribution in [3.05, 3.63) is 53.6 Å². The van der Waals surface area contributed by atoms with E-state index >= 15 is 0 Å². The maximum absolute atomic E-state index is 12.2. The highest BCUT2D eigenvalue weighted by Gasteiger charge is 2.22. The molecule has 28 heavy (non-hydrogen) atoms. The molecule has 148 valence electrons. The molecule has 3 rings (SSSR count). The van der Waals surface area contributed by atoms with Gasteiger partial charge in [-0.25, -0.2) is 4.79 Å². The van der Waals surface area contributed by atoms with Gasteiger partial charge in [-0.3, -0.25) is 10.1 Å². The van der Waals surface area contributed by atoms with E-state index in [1.54, 1.807) is 0 Å². The van der Waals surface area contributed by atoms with Crippen LogP contribution >= 0.6 is 0 Å². The summed E-state index contributed by atoms with van der Waals surface area (Å²) in [6.07, 6.45) is 1.95. The van der Waals surface area contributed by atoms with Crippen molar-refractivity contribution < 1.29 is 14.3 Å². The lowest BCUT2D eigenvalue weighted by Crippen LogP contribution is -2.27. The van der Waals surface area contributed by atoms with Gasteiger partial charge in [-0.2, -0.15) is 0 Å². The normalized spacial score (nSPS) is 13.7. The maximum Gasteiger partial charge on any atom is 0.412 e. The van der Waals surface area contributed by atoms with Gasteiger partial charge >= 0.3 is 6.09 Å². The van der Waals surface area contributed by atoms with E-state index in [-0.39, 0.29) is 5.91 Å². The van der Waals surface area contributed by atoms with E-state index in [2.05, 4.69) is 10.6 Å². The molecule has 0 saturated heterocycles. The van der Waals surface area contributed by atoms with Gasteiger partial charge in [0.2, 0.25) is 0 Å². The van der Waals surface area contributed by atoms with Crippen LogP contribution in [0.5, 0.6) is 0 Å². The van der Waals surface area contributed by atoms with Crippen molar-refractivity contribution in [1.82, 2.24) is 5.32 Å². The molecular weight excluding hydrogens is 352 g/mol. The Balaban J connectivity index is 1.71. The smallest absolute Gasteiger partial charge is 0.412 e. The summed E-state index contributed by atoms with van der Waals surface area (Å²) in [5.74, 6) is 0.626. The molecule has 0 aromatic heterocycles. The molecular formula is C23H28N2O3. The van der Waals surface area contributed by atoms with Crippen LogP contribution in [0.1, 0.15) is 49.5 Å². The standard InChI is InChI=1S/C23H28N2O3/c1-15-5-12-19(25-22(27)28-23(2,3)4)13-20(15)17-8-10-18(11-9-17)21(26)24-14-16-6-7-16/h5,8-13,16H,6-7,14H2,1-4H3,(H,24,26)(H,25,27). The summed E-state index contributed by atoms with van der Waals surface area (Å²) in [5, 5.41) is 5.75. The second kappa shape index (κ2) is 8.05. The van der Waals surface area contributed by atoms with Crippen LogP contribution in [0.2, 0.25) is 0 Å². The topological polar surface area (TPSA) is 67.4 Å². The highest BCUT2D eigenvalue weighted by molar-refractivity contribution is 5.95. The number of aryl methyl sites for hydroxylation is 1. The molecule has 1 saturated carbocycles. The monoisotopic (exact) mass is 380 g/mol. The first kappa shape index (κ1) is 19.9. The van der Waals surface area contributed by atoms with Gasteiger partial charge < -0.3 is 10.1 Å². The third-order valence-electron chi connectivity index (χ3n) is 4.59. The number of rotatable bonds is 5.